The first-order valence-electron chi connectivity index (χ1n) is 8.73. The number of carbonyl (C=O) groups is 1. The molecule has 0 saturated carbocycles. The third-order valence-corrected chi connectivity index (χ3v) is 4.88. The molecule has 2 heterocycles. The van der Waals surface area contributed by atoms with Crippen LogP contribution in [0.1, 0.15) is 24.2 Å². The molecule has 0 fully saturated rings. The summed E-state index contributed by atoms with van der Waals surface area (Å²) in [6.45, 7) is 4.22. The summed E-state index contributed by atoms with van der Waals surface area (Å²) < 4.78 is 11.6. The number of carbonyl (C=O) groups excluding carboxylic acids is 1. The maximum Gasteiger partial charge on any atom is 0.258 e. The van der Waals surface area contributed by atoms with Gasteiger partial charge in [-0.1, -0.05) is 53.5 Å². The van der Waals surface area contributed by atoms with E-state index in [4.69, 9.17) is 21.1 Å². The van der Waals surface area contributed by atoms with Crippen molar-refractivity contribution < 1.29 is 14.3 Å². The fraction of sp³-hybridized carbons (Fsp3) is 0.143. The van der Waals surface area contributed by atoms with Crippen LogP contribution in [-0.4, -0.2) is 17.7 Å². The quantitative estimate of drug-likeness (QED) is 0.506. The molecule has 0 atom stereocenters. The second-order valence-electron chi connectivity index (χ2n) is 5.55. The van der Waals surface area contributed by atoms with Crippen LogP contribution in [0.15, 0.2) is 59.2 Å². The zero-order chi connectivity index (χ0) is 20.1. The second-order valence-corrected chi connectivity index (χ2v) is 6.81. The largest absolute Gasteiger partial charge is 0.454 e. The normalized spacial score (nSPS) is 11.4. The first kappa shape index (κ1) is 20.2. The van der Waals surface area contributed by atoms with Crippen molar-refractivity contribution in [3.05, 3.63) is 69.8 Å². The van der Waals surface area contributed by atoms with Crippen molar-refractivity contribution in [2.75, 3.05) is 12.1 Å². The molecule has 0 bridgehead atoms. The lowest BCUT2D eigenvalue weighted by molar-refractivity contribution is 0.102. The first-order valence-corrected chi connectivity index (χ1v) is 9.90. The lowest BCUT2D eigenvalue weighted by Crippen LogP contribution is -2.13. The molecule has 5 nitrogen and oxygen atoms in total. The number of rotatable bonds is 3. The van der Waals surface area contributed by atoms with Crippen LogP contribution in [-0.2, 0) is 0 Å². The zero-order valence-corrected chi connectivity index (χ0v) is 17.7. The van der Waals surface area contributed by atoms with E-state index >= 15 is 0 Å². The Kier molecular flexibility index (Phi) is 6.54. The van der Waals surface area contributed by atoms with Gasteiger partial charge in [0.2, 0.25) is 6.79 Å². The van der Waals surface area contributed by atoms with Gasteiger partial charge in [-0.25, -0.2) is 4.98 Å². The van der Waals surface area contributed by atoms with Crippen LogP contribution in [0.4, 0.5) is 5.82 Å². The van der Waals surface area contributed by atoms with Crippen molar-refractivity contribution >= 4 is 39.3 Å². The van der Waals surface area contributed by atoms with E-state index in [0.717, 1.165) is 15.6 Å². The van der Waals surface area contributed by atoms with E-state index in [2.05, 4.69) is 26.2 Å². The minimum atomic E-state index is -0.305. The van der Waals surface area contributed by atoms with Crippen LogP contribution >= 0.6 is 27.5 Å². The zero-order valence-electron chi connectivity index (χ0n) is 15.3. The third kappa shape index (κ3) is 4.29. The molecule has 1 N–H and O–H groups in total. The molecule has 0 saturated heterocycles. The molecule has 144 valence electrons. The molecule has 2 aromatic carbocycles. The molecule has 28 heavy (non-hydrogen) atoms. The van der Waals surface area contributed by atoms with Crippen LogP contribution in [0.25, 0.3) is 11.1 Å². The van der Waals surface area contributed by atoms with E-state index in [-0.39, 0.29) is 12.7 Å². The van der Waals surface area contributed by atoms with Crippen molar-refractivity contribution in [1.82, 2.24) is 4.98 Å². The number of pyridine rings is 1. The number of ether oxygens (including phenoxy) is 2. The Morgan fingerprint density at radius 3 is 2.50 bits per heavy atom. The number of nitrogens with one attached hydrogen (secondary N) is 1. The van der Waals surface area contributed by atoms with E-state index in [1.54, 1.807) is 36.5 Å². The highest BCUT2D eigenvalue weighted by Gasteiger charge is 2.17. The van der Waals surface area contributed by atoms with Gasteiger partial charge in [0.05, 0.1) is 10.6 Å². The first-order chi connectivity index (χ1) is 13.6. The number of halogens is 2. The number of benzene rings is 2. The monoisotopic (exact) mass is 460 g/mol. The van der Waals surface area contributed by atoms with Crippen molar-refractivity contribution in [3.63, 3.8) is 0 Å². The fourth-order valence-electron chi connectivity index (χ4n) is 2.59. The number of amides is 1. The lowest BCUT2D eigenvalue weighted by Gasteiger charge is -2.09. The Bertz CT molecular complexity index is 993. The predicted octanol–water partition coefficient (Wildman–Crippen LogP) is 6.17. The van der Waals surface area contributed by atoms with Crippen molar-refractivity contribution in [2.45, 2.75) is 13.8 Å². The number of hydrogen-bond acceptors (Lipinski definition) is 4. The Hall–Kier alpha value is -2.57. The van der Waals surface area contributed by atoms with Gasteiger partial charge < -0.3 is 14.8 Å². The molecule has 1 amide bonds. The average Bonchev–Trinajstić information content (AvgIpc) is 3.17. The summed E-state index contributed by atoms with van der Waals surface area (Å²) in [5, 5.41) is 3.14. The lowest BCUT2D eigenvalue weighted by atomic mass is 10.1. The van der Waals surface area contributed by atoms with Crippen molar-refractivity contribution in [1.29, 1.82) is 0 Å². The van der Waals surface area contributed by atoms with Crippen LogP contribution in [0.3, 0.4) is 0 Å². The van der Waals surface area contributed by atoms with Crippen molar-refractivity contribution in [2.24, 2.45) is 0 Å². The maximum absolute atomic E-state index is 12.3. The summed E-state index contributed by atoms with van der Waals surface area (Å²) >= 11 is 9.58. The molecule has 3 aromatic rings. The van der Waals surface area contributed by atoms with Gasteiger partial charge in [-0.3, -0.25) is 4.79 Å². The number of anilines is 1. The smallest absolute Gasteiger partial charge is 0.258 e. The summed E-state index contributed by atoms with van der Waals surface area (Å²) in [7, 11) is 0. The molecule has 1 aromatic heterocycles. The predicted molar refractivity (Wildman–Crippen MR) is 114 cm³/mol. The van der Waals surface area contributed by atoms with Crippen LogP contribution < -0.4 is 14.8 Å². The molecule has 0 spiro atoms. The van der Waals surface area contributed by atoms with Crippen LogP contribution in [0.2, 0.25) is 5.02 Å². The molecule has 7 heteroatoms. The molecule has 0 radical (unpaired) electrons. The number of aromatic nitrogens is 1. The Labute approximate surface area is 176 Å². The summed E-state index contributed by atoms with van der Waals surface area (Å²) in [5.41, 5.74) is 2.20. The van der Waals surface area contributed by atoms with Crippen LogP contribution in [0, 0.1) is 0 Å². The SMILES string of the molecule is CC.O=C(Nc1ccc(-c2cc3c(cc2Br)OCO3)cn1)c1ccccc1Cl. The van der Waals surface area contributed by atoms with Gasteiger partial charge in [-0.15, -0.1) is 0 Å². The Balaban J connectivity index is 0.00000109. The highest BCUT2D eigenvalue weighted by molar-refractivity contribution is 9.10. The summed E-state index contributed by atoms with van der Waals surface area (Å²) in [5.74, 6) is 1.53. The van der Waals surface area contributed by atoms with Gasteiger partial charge in [0, 0.05) is 21.8 Å². The second kappa shape index (κ2) is 9.08. The van der Waals surface area contributed by atoms with E-state index in [0.29, 0.717) is 27.9 Å². The molecular formula is C21H18BrClN2O3. The van der Waals surface area contributed by atoms with Gasteiger partial charge >= 0.3 is 0 Å². The molecule has 1 aliphatic heterocycles. The topological polar surface area (TPSA) is 60.5 Å². The fourth-order valence-corrected chi connectivity index (χ4v) is 3.37. The highest BCUT2D eigenvalue weighted by atomic mass is 79.9. The summed E-state index contributed by atoms with van der Waals surface area (Å²) in [4.78, 5) is 16.6. The Morgan fingerprint density at radius 2 is 1.82 bits per heavy atom. The van der Waals surface area contributed by atoms with E-state index < -0.39 is 0 Å². The minimum Gasteiger partial charge on any atom is -0.454 e. The minimum absolute atomic E-state index is 0.219. The average molecular weight is 462 g/mol. The van der Waals surface area contributed by atoms with Gasteiger partial charge in [-0.2, -0.15) is 0 Å². The van der Waals surface area contributed by atoms with Gasteiger partial charge in [-0.05, 0) is 36.4 Å². The third-order valence-electron chi connectivity index (χ3n) is 3.90. The highest BCUT2D eigenvalue weighted by Crippen LogP contribution is 2.41. The number of fused-ring (bicyclic) bond motifs is 1. The molecule has 0 aliphatic carbocycles. The van der Waals surface area contributed by atoms with E-state index in [1.807, 2.05) is 32.0 Å². The number of hydrogen-bond donors (Lipinski definition) is 1. The van der Waals surface area contributed by atoms with Crippen LogP contribution in [0.5, 0.6) is 11.5 Å². The summed E-state index contributed by atoms with van der Waals surface area (Å²) in [6, 6.07) is 14.2. The number of nitrogens with zero attached hydrogens (tertiary/aromatic N) is 1. The van der Waals surface area contributed by atoms with Gasteiger partial charge in [0.1, 0.15) is 5.82 Å². The molecule has 1 aliphatic rings. The van der Waals surface area contributed by atoms with Gasteiger partial charge in [0.25, 0.3) is 5.91 Å². The molecular weight excluding hydrogens is 444 g/mol. The van der Waals surface area contributed by atoms with Crippen molar-refractivity contribution in [3.8, 4) is 22.6 Å². The van der Waals surface area contributed by atoms with E-state index in [9.17, 15) is 4.79 Å². The summed E-state index contributed by atoms with van der Waals surface area (Å²) in [6.07, 6.45) is 1.69. The Morgan fingerprint density at radius 1 is 1.11 bits per heavy atom. The molecule has 0 unspecified atom stereocenters. The van der Waals surface area contributed by atoms with Gasteiger partial charge in [0.15, 0.2) is 11.5 Å². The van der Waals surface area contributed by atoms with E-state index in [1.165, 1.54) is 0 Å². The maximum atomic E-state index is 12.3. The molecule has 4 rings (SSSR count). The standard InChI is InChI=1S/C19H12BrClN2O3.C2H6/c20-14-8-17-16(25-10-26-17)7-13(14)11-5-6-18(22-9-11)23-19(24)12-3-1-2-4-15(12)21;1-2/h1-9H,10H2,(H,22,23,24);1-2H3.